The molecule has 4 aliphatic rings. The normalized spacial score (nSPS) is 26.0. The van der Waals surface area contributed by atoms with Gasteiger partial charge in [-0.2, -0.15) is 0 Å². The lowest BCUT2D eigenvalue weighted by Crippen LogP contribution is -2.52. The molecule has 170 valence electrons. The van der Waals surface area contributed by atoms with Gasteiger partial charge in [0.15, 0.2) is 6.79 Å². The number of hydrogen-bond donors (Lipinski definition) is 1. The molecule has 2 aromatic carbocycles. The topological polar surface area (TPSA) is 69.3 Å². The summed E-state index contributed by atoms with van der Waals surface area (Å²) in [5.41, 5.74) is 3.04. The lowest BCUT2D eigenvalue weighted by Gasteiger charge is -2.44. The fraction of sp³-hybridized carbons (Fsp3) is 0.480. The van der Waals surface area contributed by atoms with Crippen molar-refractivity contribution in [3.8, 4) is 22.6 Å². The van der Waals surface area contributed by atoms with Crippen LogP contribution in [0.25, 0.3) is 11.1 Å². The van der Waals surface area contributed by atoms with Crippen molar-refractivity contribution in [1.29, 1.82) is 0 Å². The summed E-state index contributed by atoms with van der Waals surface area (Å²) in [6.07, 6.45) is 2.65. The number of rotatable bonds is 6. The number of nitrogens with zero attached hydrogens (tertiary/aromatic N) is 1. The minimum Gasteiger partial charge on any atom is -0.493 e. The first-order valence-electron chi connectivity index (χ1n) is 11.4. The maximum Gasteiger partial charge on any atom is 0.407 e. The molecule has 0 spiro atoms. The molecule has 3 saturated heterocycles. The smallest absolute Gasteiger partial charge is 0.407 e. The minimum absolute atomic E-state index is 0.00629. The number of nitrogens with one attached hydrogen (secondary N) is 1. The van der Waals surface area contributed by atoms with Crippen molar-refractivity contribution in [3.05, 3.63) is 48.0 Å². The summed E-state index contributed by atoms with van der Waals surface area (Å²) in [5, 5.41) is 3.08. The monoisotopic (exact) mass is 438 g/mol. The molecular formula is C25H30N2O5. The van der Waals surface area contributed by atoms with Gasteiger partial charge in [0.2, 0.25) is 0 Å². The first-order chi connectivity index (χ1) is 15.7. The van der Waals surface area contributed by atoms with E-state index < -0.39 is 0 Å². The highest BCUT2D eigenvalue weighted by Gasteiger charge is 2.37. The molecular weight excluding hydrogens is 408 g/mol. The van der Waals surface area contributed by atoms with E-state index in [2.05, 4.69) is 16.3 Å². The van der Waals surface area contributed by atoms with E-state index in [0.29, 0.717) is 12.5 Å². The van der Waals surface area contributed by atoms with Crippen molar-refractivity contribution >= 4 is 6.09 Å². The first kappa shape index (κ1) is 21.1. The quantitative estimate of drug-likeness (QED) is 0.688. The van der Waals surface area contributed by atoms with Gasteiger partial charge < -0.3 is 24.3 Å². The molecule has 32 heavy (non-hydrogen) atoms. The Bertz CT molecular complexity index is 957. The predicted molar refractivity (Wildman–Crippen MR) is 120 cm³/mol. The number of hydrogen-bond acceptors (Lipinski definition) is 6. The molecule has 4 aliphatic heterocycles. The molecule has 0 radical (unpaired) electrons. The van der Waals surface area contributed by atoms with Crippen molar-refractivity contribution in [3.63, 3.8) is 0 Å². The Balaban J connectivity index is 1.26. The Labute approximate surface area is 188 Å². The van der Waals surface area contributed by atoms with E-state index in [1.165, 1.54) is 0 Å². The van der Waals surface area contributed by atoms with Gasteiger partial charge in [-0.1, -0.05) is 24.3 Å². The van der Waals surface area contributed by atoms with Gasteiger partial charge in [0.25, 0.3) is 0 Å². The maximum absolute atomic E-state index is 12.7. The number of benzene rings is 2. The second kappa shape index (κ2) is 9.38. The highest BCUT2D eigenvalue weighted by atomic mass is 16.7. The van der Waals surface area contributed by atoms with Crippen molar-refractivity contribution in [2.24, 2.45) is 5.92 Å². The zero-order valence-corrected chi connectivity index (χ0v) is 18.4. The van der Waals surface area contributed by atoms with Gasteiger partial charge in [0.1, 0.15) is 17.6 Å². The number of amides is 1. The summed E-state index contributed by atoms with van der Waals surface area (Å²) in [5.74, 6) is 2.04. The third-order valence-electron chi connectivity index (χ3n) is 6.71. The minimum atomic E-state index is -0.325. The Hall–Kier alpha value is -2.77. The number of carbonyl (C=O) groups excluding carboxylic acids is 1. The molecule has 1 unspecified atom stereocenters. The van der Waals surface area contributed by atoms with Gasteiger partial charge in [0, 0.05) is 25.6 Å². The number of alkyl carbamates (subject to hydrolysis) is 1. The van der Waals surface area contributed by atoms with Crippen LogP contribution in [0.3, 0.4) is 0 Å². The highest BCUT2D eigenvalue weighted by Crippen LogP contribution is 2.36. The molecule has 1 amide bonds. The third kappa shape index (κ3) is 4.54. The zero-order chi connectivity index (χ0) is 21.9. The second-order valence-electron chi connectivity index (χ2n) is 8.75. The lowest BCUT2D eigenvalue weighted by molar-refractivity contribution is -0.0342. The maximum atomic E-state index is 12.7. The highest BCUT2D eigenvalue weighted by molar-refractivity contribution is 5.70. The van der Waals surface area contributed by atoms with Gasteiger partial charge in [0.05, 0.1) is 12.6 Å². The van der Waals surface area contributed by atoms with Crippen molar-refractivity contribution < 1.29 is 23.7 Å². The van der Waals surface area contributed by atoms with E-state index in [-0.39, 0.29) is 25.0 Å². The van der Waals surface area contributed by atoms with Gasteiger partial charge >= 0.3 is 6.09 Å². The van der Waals surface area contributed by atoms with Gasteiger partial charge in [-0.3, -0.25) is 4.90 Å². The molecule has 0 saturated carbocycles. The molecule has 3 fully saturated rings. The molecule has 7 heteroatoms. The van der Waals surface area contributed by atoms with Crippen molar-refractivity contribution in [1.82, 2.24) is 10.2 Å². The molecule has 0 aliphatic carbocycles. The van der Waals surface area contributed by atoms with Gasteiger partial charge in [-0.15, -0.1) is 0 Å². The molecule has 7 nitrogen and oxygen atoms in total. The van der Waals surface area contributed by atoms with Gasteiger partial charge in [-0.05, 0) is 61.2 Å². The fourth-order valence-corrected chi connectivity index (χ4v) is 4.97. The summed E-state index contributed by atoms with van der Waals surface area (Å²) in [4.78, 5) is 15.0. The van der Waals surface area contributed by atoms with Crippen molar-refractivity contribution in [2.45, 2.75) is 31.4 Å². The number of piperidine rings is 3. The summed E-state index contributed by atoms with van der Waals surface area (Å²) < 4.78 is 22.3. The lowest BCUT2D eigenvalue weighted by atomic mass is 9.86. The third-order valence-corrected chi connectivity index (χ3v) is 6.71. The van der Waals surface area contributed by atoms with E-state index in [9.17, 15) is 4.79 Å². The van der Waals surface area contributed by atoms with Crippen LogP contribution in [0.4, 0.5) is 4.79 Å². The molecule has 2 bridgehead atoms. The van der Waals surface area contributed by atoms with E-state index in [4.69, 9.17) is 18.9 Å². The number of ether oxygens (including phenoxy) is 4. The zero-order valence-electron chi connectivity index (χ0n) is 18.4. The largest absolute Gasteiger partial charge is 0.493 e. The molecule has 6 rings (SSSR count). The average Bonchev–Trinajstić information content (AvgIpc) is 2.83. The van der Waals surface area contributed by atoms with Crippen LogP contribution in [0.15, 0.2) is 42.5 Å². The standard InChI is InChI=1S/C25H30N2O5/c1-29-16-31-20-4-2-3-18(13-20)19-5-6-21-22(9-12-30-23(21)14-19)26-25(28)32-24-15-27-10-7-17(24)8-11-27/h2-6,13-14,17,22,24H,7-12,15-16H2,1H3,(H,26,28)/t22?,24-/m0/s1. The Morgan fingerprint density at radius 2 is 1.97 bits per heavy atom. The van der Waals surface area contributed by atoms with E-state index in [1.807, 2.05) is 36.4 Å². The molecule has 4 heterocycles. The Kier molecular flexibility index (Phi) is 6.19. The van der Waals surface area contributed by atoms with Crippen LogP contribution in [0.2, 0.25) is 0 Å². The molecule has 2 atom stereocenters. The van der Waals surface area contributed by atoms with Crippen LogP contribution in [-0.4, -0.2) is 57.2 Å². The average molecular weight is 439 g/mol. The van der Waals surface area contributed by atoms with E-state index in [1.54, 1.807) is 7.11 Å². The van der Waals surface area contributed by atoms with Gasteiger partial charge in [-0.25, -0.2) is 4.79 Å². The predicted octanol–water partition coefficient (Wildman–Crippen LogP) is 3.98. The Morgan fingerprint density at radius 1 is 1.12 bits per heavy atom. The first-order valence-corrected chi connectivity index (χ1v) is 11.4. The molecule has 2 aromatic rings. The van der Waals surface area contributed by atoms with E-state index in [0.717, 1.165) is 67.1 Å². The number of carbonyl (C=O) groups is 1. The number of methoxy groups -OCH3 is 1. The summed E-state index contributed by atoms with van der Waals surface area (Å²) in [7, 11) is 1.60. The van der Waals surface area contributed by atoms with E-state index >= 15 is 0 Å². The summed E-state index contributed by atoms with van der Waals surface area (Å²) in [6, 6.07) is 13.9. The molecule has 0 aromatic heterocycles. The van der Waals surface area contributed by atoms with Crippen molar-refractivity contribution in [2.75, 3.05) is 40.1 Å². The summed E-state index contributed by atoms with van der Waals surface area (Å²) >= 11 is 0. The second-order valence-corrected chi connectivity index (χ2v) is 8.75. The van der Waals surface area contributed by atoms with Crippen LogP contribution in [0.5, 0.6) is 11.5 Å². The van der Waals surface area contributed by atoms with Crippen LogP contribution < -0.4 is 14.8 Å². The fourth-order valence-electron chi connectivity index (χ4n) is 4.97. The summed E-state index contributed by atoms with van der Waals surface area (Å²) in [6.45, 7) is 3.88. The van der Waals surface area contributed by atoms with Crippen LogP contribution in [-0.2, 0) is 9.47 Å². The Morgan fingerprint density at radius 3 is 2.75 bits per heavy atom. The van der Waals surface area contributed by atoms with Crippen LogP contribution >= 0.6 is 0 Å². The molecule has 1 N–H and O–H groups in total. The number of fused-ring (bicyclic) bond motifs is 4. The van der Waals surface area contributed by atoms with Crippen LogP contribution in [0, 0.1) is 5.92 Å². The van der Waals surface area contributed by atoms with Crippen LogP contribution in [0.1, 0.15) is 30.9 Å². The SMILES string of the molecule is COCOc1cccc(-c2ccc3c(c2)OCCC3NC(=O)O[C@H]2CN3CCC2CC3)c1.